The molecule has 0 aliphatic rings. The lowest BCUT2D eigenvalue weighted by atomic mass is 9.95. The minimum absolute atomic E-state index is 0.0978. The fraction of sp³-hybridized carbons (Fsp3) is 0. The standard InChI is InChI=1S/C14H8I2O4/c15-7-1-3-9(11(5-7)13(17)18)10-4-2-8(16)6-12(10)14(19)20/h1-6H,(H,17,18)(H,19,20). The molecule has 0 aliphatic heterocycles. The van der Waals surface area contributed by atoms with Gasteiger partial charge in [0.1, 0.15) is 0 Å². The van der Waals surface area contributed by atoms with E-state index in [1.807, 2.05) is 45.2 Å². The van der Waals surface area contributed by atoms with Crippen molar-refractivity contribution in [3.8, 4) is 11.1 Å². The first-order valence-electron chi connectivity index (χ1n) is 5.46. The highest BCUT2D eigenvalue weighted by Crippen LogP contribution is 2.30. The van der Waals surface area contributed by atoms with Crippen LogP contribution in [0.5, 0.6) is 0 Å². The van der Waals surface area contributed by atoms with E-state index < -0.39 is 11.9 Å². The summed E-state index contributed by atoms with van der Waals surface area (Å²) in [6, 6.07) is 9.85. The second kappa shape index (κ2) is 6.08. The molecule has 0 aromatic heterocycles. The van der Waals surface area contributed by atoms with Crippen molar-refractivity contribution in [2.45, 2.75) is 0 Å². The van der Waals surface area contributed by atoms with Crippen LogP contribution in [-0.2, 0) is 0 Å². The third-order valence-corrected chi connectivity index (χ3v) is 4.06. The molecule has 4 nitrogen and oxygen atoms in total. The van der Waals surface area contributed by atoms with Gasteiger partial charge < -0.3 is 10.2 Å². The monoisotopic (exact) mass is 494 g/mol. The van der Waals surface area contributed by atoms with Crippen LogP contribution in [0.15, 0.2) is 36.4 Å². The zero-order valence-corrected chi connectivity index (χ0v) is 14.2. The van der Waals surface area contributed by atoms with E-state index in [9.17, 15) is 19.8 Å². The summed E-state index contributed by atoms with van der Waals surface area (Å²) in [6.45, 7) is 0. The summed E-state index contributed by atoms with van der Waals surface area (Å²) in [5.41, 5.74) is 1.01. The van der Waals surface area contributed by atoms with Gasteiger partial charge in [0.15, 0.2) is 0 Å². The molecule has 0 amide bonds. The molecule has 102 valence electrons. The molecule has 0 radical (unpaired) electrons. The Morgan fingerprint density at radius 3 is 1.40 bits per heavy atom. The zero-order valence-electron chi connectivity index (χ0n) is 9.93. The van der Waals surface area contributed by atoms with Gasteiger partial charge in [0.25, 0.3) is 0 Å². The number of hydrogen-bond acceptors (Lipinski definition) is 2. The van der Waals surface area contributed by atoms with Crippen molar-refractivity contribution in [3.63, 3.8) is 0 Å². The molecule has 0 saturated carbocycles. The molecule has 0 saturated heterocycles. The van der Waals surface area contributed by atoms with Gasteiger partial charge in [-0.05, 0) is 80.6 Å². The third kappa shape index (κ3) is 3.11. The minimum Gasteiger partial charge on any atom is -0.478 e. The quantitative estimate of drug-likeness (QED) is 0.635. The Hall–Kier alpha value is -1.16. The molecule has 2 rings (SSSR count). The summed E-state index contributed by atoms with van der Waals surface area (Å²) in [6.07, 6.45) is 0. The molecule has 0 heterocycles. The number of hydrogen-bond donors (Lipinski definition) is 2. The smallest absolute Gasteiger partial charge is 0.336 e. The van der Waals surface area contributed by atoms with Gasteiger partial charge in [0.05, 0.1) is 11.1 Å². The molecule has 0 bridgehead atoms. The molecule has 2 N–H and O–H groups in total. The van der Waals surface area contributed by atoms with Crippen molar-refractivity contribution in [1.82, 2.24) is 0 Å². The van der Waals surface area contributed by atoms with Gasteiger partial charge in [-0.2, -0.15) is 0 Å². The Kier molecular flexibility index (Phi) is 4.63. The van der Waals surface area contributed by atoms with Crippen LogP contribution >= 0.6 is 45.2 Å². The summed E-state index contributed by atoms with van der Waals surface area (Å²) in [4.78, 5) is 22.7. The molecule has 0 aliphatic carbocycles. The fourth-order valence-corrected chi connectivity index (χ4v) is 2.84. The summed E-state index contributed by atoms with van der Waals surface area (Å²) < 4.78 is 1.57. The highest BCUT2D eigenvalue weighted by Gasteiger charge is 2.18. The van der Waals surface area contributed by atoms with E-state index in [4.69, 9.17) is 0 Å². The van der Waals surface area contributed by atoms with Crippen LogP contribution in [0.25, 0.3) is 11.1 Å². The maximum absolute atomic E-state index is 11.3. The van der Waals surface area contributed by atoms with Gasteiger partial charge in [-0.3, -0.25) is 0 Å². The predicted molar refractivity (Wildman–Crippen MR) is 91.2 cm³/mol. The van der Waals surface area contributed by atoms with Crippen LogP contribution < -0.4 is 0 Å². The SMILES string of the molecule is O=C(O)c1cc(I)ccc1-c1ccc(I)cc1C(=O)O. The van der Waals surface area contributed by atoms with Gasteiger partial charge in [-0.1, -0.05) is 12.1 Å². The average molecular weight is 494 g/mol. The highest BCUT2D eigenvalue weighted by molar-refractivity contribution is 14.1. The molecular weight excluding hydrogens is 486 g/mol. The Morgan fingerprint density at radius 2 is 1.10 bits per heavy atom. The van der Waals surface area contributed by atoms with Crippen molar-refractivity contribution >= 4 is 57.1 Å². The lowest BCUT2D eigenvalue weighted by Crippen LogP contribution is -2.05. The van der Waals surface area contributed by atoms with Crippen LogP contribution in [0.1, 0.15) is 20.7 Å². The Balaban J connectivity index is 2.75. The molecular formula is C14H8I2O4. The summed E-state index contributed by atoms with van der Waals surface area (Å²) in [5.74, 6) is -2.15. The van der Waals surface area contributed by atoms with Crippen molar-refractivity contribution in [2.75, 3.05) is 0 Å². The van der Waals surface area contributed by atoms with Crippen molar-refractivity contribution in [1.29, 1.82) is 0 Å². The molecule has 0 unspecified atom stereocenters. The largest absolute Gasteiger partial charge is 0.478 e. The zero-order chi connectivity index (χ0) is 14.9. The second-order valence-electron chi connectivity index (χ2n) is 3.99. The molecule has 0 spiro atoms. The molecule has 6 heteroatoms. The van der Waals surface area contributed by atoms with Crippen molar-refractivity contribution in [2.24, 2.45) is 0 Å². The van der Waals surface area contributed by atoms with Crippen LogP contribution in [0.2, 0.25) is 0 Å². The van der Waals surface area contributed by atoms with E-state index in [0.29, 0.717) is 11.1 Å². The maximum atomic E-state index is 11.3. The minimum atomic E-state index is -1.08. The van der Waals surface area contributed by atoms with E-state index in [2.05, 4.69) is 0 Å². The maximum Gasteiger partial charge on any atom is 0.336 e. The van der Waals surface area contributed by atoms with Gasteiger partial charge in [-0.25, -0.2) is 9.59 Å². The molecule has 2 aromatic carbocycles. The normalized spacial score (nSPS) is 10.3. The van der Waals surface area contributed by atoms with Gasteiger partial charge in [0, 0.05) is 7.14 Å². The third-order valence-electron chi connectivity index (χ3n) is 2.71. The second-order valence-corrected chi connectivity index (χ2v) is 6.48. The van der Waals surface area contributed by atoms with Crippen molar-refractivity contribution in [3.05, 3.63) is 54.7 Å². The lowest BCUT2D eigenvalue weighted by molar-refractivity contribution is 0.0684. The van der Waals surface area contributed by atoms with Crippen LogP contribution in [0.3, 0.4) is 0 Å². The van der Waals surface area contributed by atoms with E-state index in [1.54, 1.807) is 24.3 Å². The van der Waals surface area contributed by atoms with E-state index in [0.717, 1.165) is 7.14 Å². The van der Waals surface area contributed by atoms with Gasteiger partial charge >= 0.3 is 11.9 Å². The van der Waals surface area contributed by atoms with Crippen LogP contribution in [0, 0.1) is 7.14 Å². The van der Waals surface area contributed by atoms with E-state index >= 15 is 0 Å². The Bertz CT molecular complexity index is 649. The Labute approximate surface area is 142 Å². The number of carbonyl (C=O) groups is 2. The number of carboxylic acid groups (broad SMARTS) is 2. The molecule has 0 atom stereocenters. The lowest BCUT2D eigenvalue weighted by Gasteiger charge is -2.10. The van der Waals surface area contributed by atoms with Gasteiger partial charge in [0.2, 0.25) is 0 Å². The fourth-order valence-electron chi connectivity index (χ4n) is 1.86. The average Bonchev–Trinajstić information content (AvgIpc) is 2.38. The topological polar surface area (TPSA) is 74.6 Å². The first-order chi connectivity index (χ1) is 9.40. The number of halogens is 2. The molecule has 20 heavy (non-hydrogen) atoms. The number of aromatic carboxylic acids is 2. The summed E-state index contributed by atoms with van der Waals surface area (Å²) in [5, 5.41) is 18.6. The van der Waals surface area contributed by atoms with E-state index in [1.165, 1.54) is 12.1 Å². The summed E-state index contributed by atoms with van der Waals surface area (Å²) in [7, 11) is 0. The van der Waals surface area contributed by atoms with Crippen LogP contribution in [0.4, 0.5) is 0 Å². The number of rotatable bonds is 3. The number of carboxylic acids is 2. The van der Waals surface area contributed by atoms with Crippen LogP contribution in [-0.4, -0.2) is 22.2 Å². The Morgan fingerprint density at radius 1 is 0.750 bits per heavy atom. The summed E-state index contributed by atoms with van der Waals surface area (Å²) >= 11 is 4.04. The van der Waals surface area contributed by atoms with Crippen molar-refractivity contribution < 1.29 is 19.8 Å². The first kappa shape index (κ1) is 15.2. The predicted octanol–water partition coefficient (Wildman–Crippen LogP) is 3.96. The highest BCUT2D eigenvalue weighted by atomic mass is 127. The van der Waals surface area contributed by atoms with Gasteiger partial charge in [-0.15, -0.1) is 0 Å². The molecule has 0 fully saturated rings. The molecule has 2 aromatic rings. The number of benzene rings is 2. The first-order valence-corrected chi connectivity index (χ1v) is 7.62. The van der Waals surface area contributed by atoms with E-state index in [-0.39, 0.29) is 11.1 Å².